The van der Waals surface area contributed by atoms with Gasteiger partial charge < -0.3 is 4.90 Å². The van der Waals surface area contributed by atoms with Crippen LogP contribution in [-0.4, -0.2) is 18.5 Å². The lowest BCUT2D eigenvalue weighted by molar-refractivity contribution is -0.385. The maximum atomic E-state index is 10.8. The quantitative estimate of drug-likeness (QED) is 0.448. The van der Waals surface area contributed by atoms with Gasteiger partial charge in [0.1, 0.15) is 0 Å². The molecular weight excluding hydrogens is 252 g/mol. The molecule has 100 valence electrons. The third-order valence-corrected chi connectivity index (χ3v) is 3.41. The zero-order chi connectivity index (χ0) is 13.7. The molecule has 0 radical (unpaired) electrons. The minimum Gasteiger partial charge on any atom is -0.374 e. The van der Waals surface area contributed by atoms with Gasteiger partial charge >= 0.3 is 0 Å². The molecule has 0 heterocycles. The number of nitrogens with zero attached hydrogens (tertiary/aromatic N) is 2. The van der Waals surface area contributed by atoms with Crippen molar-refractivity contribution in [2.24, 2.45) is 5.92 Å². The first-order chi connectivity index (χ1) is 8.49. The molecule has 0 aromatic heterocycles. The van der Waals surface area contributed by atoms with Crippen LogP contribution in [0.3, 0.4) is 0 Å². The van der Waals surface area contributed by atoms with Crippen LogP contribution in [0.25, 0.3) is 0 Å². The molecule has 0 fully saturated rings. The van der Waals surface area contributed by atoms with Gasteiger partial charge in [0.15, 0.2) is 0 Å². The minimum atomic E-state index is -0.393. The number of rotatable bonds is 6. The largest absolute Gasteiger partial charge is 0.374 e. The van der Waals surface area contributed by atoms with Crippen LogP contribution in [0.1, 0.15) is 25.8 Å². The molecule has 5 heteroatoms. The van der Waals surface area contributed by atoms with E-state index in [1.807, 2.05) is 7.05 Å². The summed E-state index contributed by atoms with van der Waals surface area (Å²) in [7, 11) is 1.99. The van der Waals surface area contributed by atoms with Gasteiger partial charge in [-0.05, 0) is 18.1 Å². The molecule has 0 saturated carbocycles. The van der Waals surface area contributed by atoms with E-state index in [2.05, 4.69) is 18.7 Å². The number of hydrogen-bond acceptors (Lipinski definition) is 3. The van der Waals surface area contributed by atoms with Crippen LogP contribution < -0.4 is 4.90 Å². The number of nitro benzene ring substituents is 1. The van der Waals surface area contributed by atoms with Crippen molar-refractivity contribution in [3.63, 3.8) is 0 Å². The topological polar surface area (TPSA) is 46.4 Å². The smallest absolute Gasteiger partial charge is 0.273 e. The first-order valence-corrected chi connectivity index (χ1v) is 6.57. The van der Waals surface area contributed by atoms with Crippen molar-refractivity contribution < 1.29 is 4.92 Å². The second-order valence-corrected chi connectivity index (χ2v) is 4.86. The Morgan fingerprint density at radius 2 is 2.17 bits per heavy atom. The lowest BCUT2D eigenvalue weighted by atomic mass is 10.1. The van der Waals surface area contributed by atoms with Crippen LogP contribution in [-0.2, 0) is 5.88 Å². The summed E-state index contributed by atoms with van der Waals surface area (Å²) in [5.74, 6) is 0.742. The van der Waals surface area contributed by atoms with Crippen molar-refractivity contribution in [3.8, 4) is 0 Å². The Bertz CT molecular complexity index is 423. The molecule has 0 spiro atoms. The molecule has 0 aliphatic heterocycles. The van der Waals surface area contributed by atoms with Gasteiger partial charge in [0.2, 0.25) is 0 Å². The summed E-state index contributed by atoms with van der Waals surface area (Å²) in [6.45, 7) is 5.26. The van der Waals surface area contributed by atoms with Gasteiger partial charge in [0.25, 0.3) is 5.69 Å². The zero-order valence-electron chi connectivity index (χ0n) is 11.0. The average Bonchev–Trinajstić information content (AvgIpc) is 2.37. The van der Waals surface area contributed by atoms with Crippen molar-refractivity contribution >= 4 is 23.0 Å². The Morgan fingerprint density at radius 3 is 2.67 bits per heavy atom. The Balaban J connectivity index is 2.94. The number of anilines is 1. The van der Waals surface area contributed by atoms with E-state index in [9.17, 15) is 10.1 Å². The highest BCUT2D eigenvalue weighted by Gasteiger charge is 2.15. The summed E-state index contributed by atoms with van der Waals surface area (Å²) in [6, 6.07) is 5.10. The Labute approximate surface area is 113 Å². The number of hydrogen-bond donors (Lipinski definition) is 0. The van der Waals surface area contributed by atoms with Crippen LogP contribution >= 0.6 is 11.6 Å². The maximum absolute atomic E-state index is 10.8. The summed E-state index contributed by atoms with van der Waals surface area (Å²) in [5, 5.41) is 10.8. The van der Waals surface area contributed by atoms with Gasteiger partial charge in [-0.25, -0.2) is 0 Å². The molecule has 1 rings (SSSR count). The zero-order valence-corrected chi connectivity index (χ0v) is 11.8. The van der Waals surface area contributed by atoms with Crippen molar-refractivity contribution in [2.75, 3.05) is 18.5 Å². The first kappa shape index (κ1) is 14.8. The molecule has 0 bridgehead atoms. The monoisotopic (exact) mass is 270 g/mol. The molecule has 1 atom stereocenters. The van der Waals surface area contributed by atoms with Gasteiger partial charge in [-0.15, -0.1) is 11.6 Å². The summed E-state index contributed by atoms with van der Waals surface area (Å²) >= 11 is 5.76. The standard InChI is InChI=1S/C13H19ClN2O2/c1-4-10(2)9-15(3)12-5-6-13(16(17)18)11(7-12)8-14/h5-7,10H,4,8-9H2,1-3H3. The lowest BCUT2D eigenvalue weighted by Gasteiger charge is -2.23. The fourth-order valence-corrected chi connectivity index (χ4v) is 2.01. The van der Waals surface area contributed by atoms with Crippen molar-refractivity contribution in [1.29, 1.82) is 0 Å². The summed E-state index contributed by atoms with van der Waals surface area (Å²) in [4.78, 5) is 12.5. The van der Waals surface area contributed by atoms with Crippen LogP contribution in [0, 0.1) is 16.0 Å². The molecule has 1 aromatic rings. The third-order valence-electron chi connectivity index (χ3n) is 3.13. The SMILES string of the molecule is CCC(C)CN(C)c1ccc([N+](=O)[O-])c(CCl)c1. The van der Waals surface area contributed by atoms with E-state index >= 15 is 0 Å². The number of alkyl halides is 1. The molecule has 0 aliphatic carbocycles. The molecule has 4 nitrogen and oxygen atoms in total. The van der Waals surface area contributed by atoms with Crippen LogP contribution in [0.15, 0.2) is 18.2 Å². The second kappa shape index (κ2) is 6.59. The summed E-state index contributed by atoms with van der Waals surface area (Å²) < 4.78 is 0. The minimum absolute atomic E-state index is 0.0886. The van der Waals surface area contributed by atoms with Crippen molar-refractivity contribution in [2.45, 2.75) is 26.1 Å². The molecular formula is C13H19ClN2O2. The van der Waals surface area contributed by atoms with Gasteiger partial charge in [0, 0.05) is 30.9 Å². The van der Waals surface area contributed by atoms with E-state index in [1.165, 1.54) is 6.07 Å². The van der Waals surface area contributed by atoms with E-state index in [0.29, 0.717) is 11.5 Å². The van der Waals surface area contributed by atoms with Crippen molar-refractivity contribution in [1.82, 2.24) is 0 Å². The van der Waals surface area contributed by atoms with Crippen molar-refractivity contribution in [3.05, 3.63) is 33.9 Å². The van der Waals surface area contributed by atoms with E-state index in [4.69, 9.17) is 11.6 Å². The number of nitro groups is 1. The highest BCUT2D eigenvalue weighted by Crippen LogP contribution is 2.26. The van der Waals surface area contributed by atoms with E-state index in [0.717, 1.165) is 18.7 Å². The van der Waals surface area contributed by atoms with E-state index in [1.54, 1.807) is 12.1 Å². The van der Waals surface area contributed by atoms with Gasteiger partial charge in [0.05, 0.1) is 10.8 Å². The van der Waals surface area contributed by atoms with Crippen LogP contribution in [0.5, 0.6) is 0 Å². The number of benzene rings is 1. The predicted octanol–water partition coefficient (Wildman–Crippen LogP) is 3.82. The van der Waals surface area contributed by atoms with E-state index in [-0.39, 0.29) is 11.6 Å². The highest BCUT2D eigenvalue weighted by molar-refractivity contribution is 6.17. The first-order valence-electron chi connectivity index (χ1n) is 6.04. The average molecular weight is 271 g/mol. The second-order valence-electron chi connectivity index (χ2n) is 4.60. The third kappa shape index (κ3) is 3.60. The van der Waals surface area contributed by atoms with Crippen LogP contribution in [0.4, 0.5) is 11.4 Å². The Kier molecular flexibility index (Phi) is 5.41. The Morgan fingerprint density at radius 1 is 1.50 bits per heavy atom. The maximum Gasteiger partial charge on any atom is 0.273 e. The van der Waals surface area contributed by atoms with E-state index < -0.39 is 4.92 Å². The Hall–Kier alpha value is -1.29. The lowest BCUT2D eigenvalue weighted by Crippen LogP contribution is -2.23. The molecule has 1 unspecified atom stereocenters. The molecule has 0 saturated heterocycles. The summed E-state index contributed by atoms with van der Waals surface area (Å²) in [5.41, 5.74) is 1.62. The molecule has 18 heavy (non-hydrogen) atoms. The normalized spacial score (nSPS) is 12.2. The molecule has 0 aliphatic rings. The van der Waals surface area contributed by atoms with Crippen LogP contribution in [0.2, 0.25) is 0 Å². The van der Waals surface area contributed by atoms with Gasteiger partial charge in [-0.2, -0.15) is 0 Å². The summed E-state index contributed by atoms with van der Waals surface area (Å²) in [6.07, 6.45) is 1.11. The fraction of sp³-hybridized carbons (Fsp3) is 0.538. The molecule has 0 amide bonds. The van der Waals surface area contributed by atoms with Gasteiger partial charge in [-0.1, -0.05) is 20.3 Å². The predicted molar refractivity (Wildman–Crippen MR) is 75.4 cm³/mol. The van der Waals surface area contributed by atoms with Gasteiger partial charge in [-0.3, -0.25) is 10.1 Å². The molecule has 1 aromatic carbocycles. The molecule has 0 N–H and O–H groups in total. The highest BCUT2D eigenvalue weighted by atomic mass is 35.5. The number of halogens is 1. The fourth-order valence-electron chi connectivity index (χ4n) is 1.80.